The van der Waals surface area contributed by atoms with E-state index in [9.17, 15) is 9.18 Å². The van der Waals surface area contributed by atoms with Gasteiger partial charge in [-0.25, -0.2) is 9.18 Å². The first-order valence-electron chi connectivity index (χ1n) is 9.54. The van der Waals surface area contributed by atoms with Gasteiger partial charge in [-0.2, -0.15) is 4.98 Å². The van der Waals surface area contributed by atoms with Crippen molar-refractivity contribution in [3.63, 3.8) is 0 Å². The second kappa shape index (κ2) is 7.94. The Morgan fingerprint density at radius 1 is 1.23 bits per heavy atom. The highest BCUT2D eigenvalue weighted by atomic mass is 19.1. The molecular formula is C23H21FN4O2. The lowest BCUT2D eigenvalue weighted by Crippen LogP contribution is -2.46. The van der Waals surface area contributed by atoms with Gasteiger partial charge in [0, 0.05) is 17.8 Å². The van der Waals surface area contributed by atoms with Crippen molar-refractivity contribution in [2.75, 3.05) is 6.54 Å². The molecule has 4 rings (SSSR count). The highest BCUT2D eigenvalue weighted by molar-refractivity contribution is 5.87. The van der Waals surface area contributed by atoms with Crippen molar-refractivity contribution in [2.24, 2.45) is 0 Å². The van der Waals surface area contributed by atoms with Crippen LogP contribution < -0.4 is 5.32 Å². The molecule has 6 nitrogen and oxygen atoms in total. The predicted molar refractivity (Wildman–Crippen MR) is 112 cm³/mol. The summed E-state index contributed by atoms with van der Waals surface area (Å²) in [4.78, 5) is 18.8. The Hall–Kier alpha value is -3.74. The number of carbonyl (C=O) groups excluding carboxylic acids is 1. The molecule has 7 heteroatoms. The Balaban J connectivity index is 1.82. The lowest BCUT2D eigenvalue weighted by Gasteiger charge is -2.34. The van der Waals surface area contributed by atoms with Crippen molar-refractivity contribution in [3.05, 3.63) is 89.7 Å². The SMILES string of the molecule is C=CCN1C(=O)NC(c2ccc(C)cc2)C(c2nc(-c3cccc(F)c3)no2)=C1C. The molecule has 1 aliphatic rings. The van der Waals surface area contributed by atoms with Gasteiger partial charge in [-0.15, -0.1) is 6.58 Å². The third-order valence-electron chi connectivity index (χ3n) is 5.06. The van der Waals surface area contributed by atoms with E-state index in [1.807, 2.05) is 38.1 Å². The molecule has 1 atom stereocenters. The van der Waals surface area contributed by atoms with Crippen LogP contribution in [0, 0.1) is 12.7 Å². The number of urea groups is 1. The maximum Gasteiger partial charge on any atom is 0.322 e. The first-order valence-corrected chi connectivity index (χ1v) is 9.54. The molecule has 1 aliphatic heterocycles. The molecule has 3 aromatic rings. The Labute approximate surface area is 173 Å². The van der Waals surface area contributed by atoms with Gasteiger partial charge in [-0.1, -0.05) is 53.2 Å². The van der Waals surface area contributed by atoms with E-state index in [1.165, 1.54) is 12.1 Å². The Morgan fingerprint density at radius 2 is 2.00 bits per heavy atom. The Kier molecular flexibility index (Phi) is 5.18. The van der Waals surface area contributed by atoms with Crippen LogP contribution >= 0.6 is 0 Å². The first-order chi connectivity index (χ1) is 14.5. The third kappa shape index (κ3) is 3.61. The molecule has 0 spiro atoms. The van der Waals surface area contributed by atoms with Crippen LogP contribution in [0.25, 0.3) is 17.0 Å². The summed E-state index contributed by atoms with van der Waals surface area (Å²) in [6, 6.07) is 13.2. The van der Waals surface area contributed by atoms with E-state index in [1.54, 1.807) is 23.1 Å². The van der Waals surface area contributed by atoms with E-state index < -0.39 is 6.04 Å². The molecule has 152 valence electrons. The van der Waals surface area contributed by atoms with Gasteiger partial charge >= 0.3 is 6.03 Å². The number of hydrogen-bond acceptors (Lipinski definition) is 4. The topological polar surface area (TPSA) is 71.3 Å². The lowest BCUT2D eigenvalue weighted by atomic mass is 9.94. The number of carbonyl (C=O) groups is 1. The zero-order valence-electron chi connectivity index (χ0n) is 16.7. The summed E-state index contributed by atoms with van der Waals surface area (Å²) < 4.78 is 19.2. The molecule has 1 N–H and O–H groups in total. The fraction of sp³-hybridized carbons (Fsp3) is 0.174. The van der Waals surface area contributed by atoms with Crippen LogP contribution in [-0.4, -0.2) is 27.6 Å². The van der Waals surface area contributed by atoms with E-state index >= 15 is 0 Å². The van der Waals surface area contributed by atoms with Crippen molar-refractivity contribution < 1.29 is 13.7 Å². The van der Waals surface area contributed by atoms with Gasteiger partial charge in [0.2, 0.25) is 5.82 Å². The zero-order chi connectivity index (χ0) is 21.3. The zero-order valence-corrected chi connectivity index (χ0v) is 16.7. The molecule has 0 radical (unpaired) electrons. The Bertz CT molecular complexity index is 1130. The minimum absolute atomic E-state index is 0.230. The third-order valence-corrected chi connectivity index (χ3v) is 5.06. The quantitative estimate of drug-likeness (QED) is 0.616. The van der Waals surface area contributed by atoms with Crippen molar-refractivity contribution in [1.29, 1.82) is 0 Å². The van der Waals surface area contributed by atoms with Crippen molar-refractivity contribution in [1.82, 2.24) is 20.4 Å². The summed E-state index contributed by atoms with van der Waals surface area (Å²) in [5.41, 5.74) is 3.90. The minimum atomic E-state index is -0.458. The maximum absolute atomic E-state index is 13.6. The van der Waals surface area contributed by atoms with Crippen LogP contribution in [0.4, 0.5) is 9.18 Å². The Morgan fingerprint density at radius 3 is 2.70 bits per heavy atom. The van der Waals surface area contributed by atoms with Crippen LogP contribution in [0.3, 0.4) is 0 Å². The van der Waals surface area contributed by atoms with Gasteiger partial charge in [-0.3, -0.25) is 4.90 Å². The first kappa shape index (κ1) is 19.6. The summed E-state index contributed by atoms with van der Waals surface area (Å²) in [7, 11) is 0. The van der Waals surface area contributed by atoms with Gasteiger partial charge in [-0.05, 0) is 31.5 Å². The van der Waals surface area contributed by atoms with Crippen molar-refractivity contribution in [2.45, 2.75) is 19.9 Å². The molecule has 0 saturated heterocycles. The molecule has 1 aromatic heterocycles. The second-order valence-electron chi connectivity index (χ2n) is 7.13. The molecule has 0 fully saturated rings. The number of hydrogen-bond donors (Lipinski definition) is 1. The summed E-state index contributed by atoms with van der Waals surface area (Å²) in [6.45, 7) is 7.91. The smallest absolute Gasteiger partial charge is 0.322 e. The highest BCUT2D eigenvalue weighted by Crippen LogP contribution is 2.37. The van der Waals surface area contributed by atoms with Gasteiger partial charge in [0.15, 0.2) is 0 Å². The number of benzene rings is 2. The number of halogens is 1. The van der Waals surface area contributed by atoms with Crippen molar-refractivity contribution >= 4 is 11.6 Å². The van der Waals surface area contributed by atoms with Gasteiger partial charge in [0.05, 0.1) is 11.6 Å². The van der Waals surface area contributed by atoms with E-state index in [-0.39, 0.29) is 23.6 Å². The van der Waals surface area contributed by atoms with E-state index in [2.05, 4.69) is 22.0 Å². The molecule has 30 heavy (non-hydrogen) atoms. The predicted octanol–water partition coefficient (Wildman–Crippen LogP) is 4.87. The fourth-order valence-corrected chi connectivity index (χ4v) is 3.49. The fourth-order valence-electron chi connectivity index (χ4n) is 3.49. The van der Waals surface area contributed by atoms with E-state index in [0.717, 1.165) is 11.1 Å². The summed E-state index contributed by atoms with van der Waals surface area (Å²) in [5.74, 6) is 0.167. The maximum atomic E-state index is 13.6. The van der Waals surface area contributed by atoms with Gasteiger partial charge in [0.25, 0.3) is 5.89 Å². The molecule has 2 aromatic carbocycles. The normalized spacial score (nSPS) is 16.6. The minimum Gasteiger partial charge on any atom is -0.334 e. The molecule has 2 amide bonds. The second-order valence-corrected chi connectivity index (χ2v) is 7.13. The number of allylic oxidation sites excluding steroid dienone is 1. The number of amides is 2. The molecule has 2 heterocycles. The van der Waals surface area contributed by atoms with Crippen LogP contribution in [0.2, 0.25) is 0 Å². The standard InChI is InChI=1S/C23H21FN4O2/c1-4-12-28-15(3)19(20(25-23(28)29)16-10-8-14(2)9-11-16)22-26-21(27-30-22)17-6-5-7-18(24)13-17/h4-11,13,20H,1,12H2,2-3H3,(H,25,29). The average molecular weight is 404 g/mol. The van der Waals surface area contributed by atoms with Crippen LogP contribution in [0.1, 0.15) is 30.0 Å². The molecule has 1 unspecified atom stereocenters. The number of rotatable bonds is 5. The summed E-state index contributed by atoms with van der Waals surface area (Å²) in [6.07, 6.45) is 1.65. The van der Waals surface area contributed by atoms with E-state index in [0.29, 0.717) is 23.4 Å². The number of nitrogens with one attached hydrogen (secondary N) is 1. The molecule has 0 saturated carbocycles. The number of aryl methyl sites for hydroxylation is 1. The molecule has 0 aliphatic carbocycles. The summed E-state index contributed by atoms with van der Waals surface area (Å²) >= 11 is 0. The van der Waals surface area contributed by atoms with Gasteiger partial charge in [0.1, 0.15) is 5.82 Å². The monoisotopic (exact) mass is 404 g/mol. The summed E-state index contributed by atoms with van der Waals surface area (Å²) in [5, 5.41) is 7.05. The van der Waals surface area contributed by atoms with Gasteiger partial charge < -0.3 is 9.84 Å². The molecular weight excluding hydrogens is 383 g/mol. The lowest BCUT2D eigenvalue weighted by molar-refractivity contribution is 0.209. The largest absolute Gasteiger partial charge is 0.334 e. The number of aromatic nitrogens is 2. The average Bonchev–Trinajstić information content (AvgIpc) is 3.21. The van der Waals surface area contributed by atoms with E-state index in [4.69, 9.17) is 4.52 Å². The molecule has 0 bridgehead atoms. The van der Waals surface area contributed by atoms with Crippen molar-refractivity contribution in [3.8, 4) is 11.4 Å². The van der Waals surface area contributed by atoms with Crippen LogP contribution in [0.15, 0.2) is 71.4 Å². The van der Waals surface area contributed by atoms with Crippen LogP contribution in [0.5, 0.6) is 0 Å². The van der Waals surface area contributed by atoms with Crippen LogP contribution in [-0.2, 0) is 0 Å². The highest BCUT2D eigenvalue weighted by Gasteiger charge is 2.35. The number of nitrogens with zero attached hydrogens (tertiary/aromatic N) is 3.